The molecule has 2 aliphatic heterocycles. The largest absolute Gasteiger partial charge is 0.380 e. The van der Waals surface area contributed by atoms with Crippen molar-refractivity contribution < 1.29 is 4.74 Å². The van der Waals surface area contributed by atoms with Gasteiger partial charge in [-0.25, -0.2) is 0 Å². The molecule has 3 nitrogen and oxygen atoms in total. The molecule has 2 unspecified atom stereocenters. The molecule has 20 heavy (non-hydrogen) atoms. The SMILES string of the molecule is c1cc2c(cn1)C(C[C@@H]1CCN(C3CCOC3)C1)CC2. The number of ether oxygens (including phenoxy) is 1. The molecule has 0 spiro atoms. The third kappa shape index (κ3) is 2.38. The Bertz CT molecular complexity index is 470. The third-order valence-corrected chi connectivity index (χ3v) is 5.51. The summed E-state index contributed by atoms with van der Waals surface area (Å²) in [6.45, 7) is 4.50. The second kappa shape index (κ2) is 5.45. The quantitative estimate of drug-likeness (QED) is 0.846. The van der Waals surface area contributed by atoms with E-state index in [1.54, 1.807) is 5.56 Å². The fourth-order valence-electron chi connectivity index (χ4n) is 4.36. The molecule has 0 N–H and O–H groups in total. The highest BCUT2D eigenvalue weighted by molar-refractivity contribution is 5.32. The number of hydrogen-bond donors (Lipinski definition) is 0. The normalized spacial score (nSPS) is 33.7. The van der Waals surface area contributed by atoms with Gasteiger partial charge in [0.25, 0.3) is 0 Å². The van der Waals surface area contributed by atoms with E-state index < -0.39 is 0 Å². The molecular formula is C17H24N2O. The molecule has 2 fully saturated rings. The topological polar surface area (TPSA) is 25.4 Å². The summed E-state index contributed by atoms with van der Waals surface area (Å²) in [5.74, 6) is 1.65. The summed E-state index contributed by atoms with van der Waals surface area (Å²) in [5, 5.41) is 0. The van der Waals surface area contributed by atoms with Crippen molar-refractivity contribution in [3.63, 3.8) is 0 Å². The van der Waals surface area contributed by atoms with Crippen molar-refractivity contribution in [2.75, 3.05) is 26.3 Å². The van der Waals surface area contributed by atoms with Crippen molar-refractivity contribution in [2.45, 2.75) is 44.1 Å². The number of aromatic nitrogens is 1. The van der Waals surface area contributed by atoms with E-state index in [0.717, 1.165) is 25.0 Å². The zero-order valence-electron chi connectivity index (χ0n) is 12.1. The standard InChI is InChI=1S/C17H24N2O/c1-2-15(17-10-18-6-3-14(1)17)9-13-4-7-19(11-13)16-5-8-20-12-16/h3,6,10,13,15-16H,1-2,4-5,7-9,11-12H2/t13-,15?,16?/m0/s1. The van der Waals surface area contributed by atoms with Crippen molar-refractivity contribution in [2.24, 2.45) is 5.92 Å². The number of aryl methyl sites for hydroxylation is 1. The maximum atomic E-state index is 5.53. The first-order valence-electron chi connectivity index (χ1n) is 8.15. The lowest BCUT2D eigenvalue weighted by Crippen LogP contribution is -2.33. The molecule has 0 radical (unpaired) electrons. The van der Waals surface area contributed by atoms with Crippen LogP contribution in [0.1, 0.15) is 42.7 Å². The molecule has 0 amide bonds. The van der Waals surface area contributed by atoms with Crippen LogP contribution in [0.25, 0.3) is 0 Å². The van der Waals surface area contributed by atoms with Crippen LogP contribution in [0, 0.1) is 5.92 Å². The van der Waals surface area contributed by atoms with Gasteiger partial charge in [0.15, 0.2) is 0 Å². The maximum absolute atomic E-state index is 5.53. The number of nitrogens with zero attached hydrogens (tertiary/aromatic N) is 2. The lowest BCUT2D eigenvalue weighted by atomic mass is 9.90. The third-order valence-electron chi connectivity index (χ3n) is 5.51. The van der Waals surface area contributed by atoms with Gasteiger partial charge in [0.2, 0.25) is 0 Å². The number of rotatable bonds is 3. The lowest BCUT2D eigenvalue weighted by molar-refractivity contribution is 0.156. The second-order valence-corrected chi connectivity index (χ2v) is 6.71. The van der Waals surface area contributed by atoms with Crippen molar-refractivity contribution in [1.82, 2.24) is 9.88 Å². The predicted molar refractivity (Wildman–Crippen MR) is 78.8 cm³/mol. The number of fused-ring (bicyclic) bond motifs is 1. The summed E-state index contributed by atoms with van der Waals surface area (Å²) in [6, 6.07) is 2.92. The zero-order valence-corrected chi connectivity index (χ0v) is 12.1. The summed E-state index contributed by atoms with van der Waals surface area (Å²) in [6.07, 6.45) is 10.6. The minimum Gasteiger partial charge on any atom is -0.380 e. The van der Waals surface area contributed by atoms with E-state index in [-0.39, 0.29) is 0 Å². The fraction of sp³-hybridized carbons (Fsp3) is 0.706. The number of hydrogen-bond acceptors (Lipinski definition) is 3. The van der Waals surface area contributed by atoms with Crippen molar-refractivity contribution in [3.8, 4) is 0 Å². The van der Waals surface area contributed by atoms with Gasteiger partial charge >= 0.3 is 0 Å². The van der Waals surface area contributed by atoms with Crippen LogP contribution in [0.2, 0.25) is 0 Å². The summed E-state index contributed by atoms with van der Waals surface area (Å²) in [7, 11) is 0. The smallest absolute Gasteiger partial charge is 0.0622 e. The molecule has 2 saturated heterocycles. The Labute approximate surface area is 121 Å². The molecule has 108 valence electrons. The number of likely N-dealkylation sites (tertiary alicyclic amines) is 1. The highest BCUT2D eigenvalue weighted by Crippen LogP contribution is 2.39. The van der Waals surface area contributed by atoms with Crippen LogP contribution < -0.4 is 0 Å². The summed E-state index contributed by atoms with van der Waals surface area (Å²) < 4.78 is 5.53. The van der Waals surface area contributed by atoms with E-state index in [1.807, 2.05) is 6.20 Å². The van der Waals surface area contributed by atoms with Crippen molar-refractivity contribution in [1.29, 1.82) is 0 Å². The zero-order chi connectivity index (χ0) is 13.4. The van der Waals surface area contributed by atoms with Crippen LogP contribution in [0.4, 0.5) is 0 Å². The minimum atomic E-state index is 0.706. The van der Waals surface area contributed by atoms with Crippen LogP contribution in [-0.4, -0.2) is 42.2 Å². The first kappa shape index (κ1) is 12.8. The van der Waals surface area contributed by atoms with Crippen LogP contribution in [-0.2, 0) is 11.2 Å². The minimum absolute atomic E-state index is 0.706. The highest BCUT2D eigenvalue weighted by atomic mass is 16.5. The number of pyridine rings is 1. The molecule has 3 atom stereocenters. The van der Waals surface area contributed by atoms with Crippen molar-refractivity contribution >= 4 is 0 Å². The molecule has 4 rings (SSSR count). The molecule has 1 aromatic heterocycles. The lowest BCUT2D eigenvalue weighted by Gasteiger charge is -2.23. The molecule has 1 aliphatic carbocycles. The molecule has 0 saturated carbocycles. The molecule has 3 heterocycles. The molecule has 3 heteroatoms. The van der Waals surface area contributed by atoms with Crippen LogP contribution in [0.3, 0.4) is 0 Å². The van der Waals surface area contributed by atoms with E-state index >= 15 is 0 Å². The van der Waals surface area contributed by atoms with Crippen LogP contribution in [0.5, 0.6) is 0 Å². The Balaban J connectivity index is 1.37. The molecular weight excluding hydrogens is 248 g/mol. The average Bonchev–Trinajstić information content (AvgIpc) is 3.19. The average molecular weight is 272 g/mol. The Morgan fingerprint density at radius 2 is 2.30 bits per heavy atom. The van der Waals surface area contributed by atoms with Gasteiger partial charge in [-0.15, -0.1) is 0 Å². The van der Waals surface area contributed by atoms with Gasteiger partial charge in [-0.3, -0.25) is 9.88 Å². The fourth-order valence-corrected chi connectivity index (χ4v) is 4.36. The Hall–Kier alpha value is -0.930. The molecule has 0 aromatic carbocycles. The maximum Gasteiger partial charge on any atom is 0.0622 e. The van der Waals surface area contributed by atoms with Crippen LogP contribution in [0.15, 0.2) is 18.5 Å². The predicted octanol–water partition coefficient (Wildman–Crippen LogP) is 2.61. The first-order valence-corrected chi connectivity index (χ1v) is 8.15. The highest BCUT2D eigenvalue weighted by Gasteiger charge is 2.33. The van der Waals surface area contributed by atoms with Crippen molar-refractivity contribution in [3.05, 3.63) is 29.6 Å². The summed E-state index contributed by atoms with van der Waals surface area (Å²) in [4.78, 5) is 7.01. The van der Waals surface area contributed by atoms with Gasteiger partial charge in [0.05, 0.1) is 6.61 Å². The first-order chi connectivity index (χ1) is 9.90. The second-order valence-electron chi connectivity index (χ2n) is 6.71. The summed E-state index contributed by atoms with van der Waals surface area (Å²) >= 11 is 0. The van der Waals surface area contributed by atoms with E-state index in [1.165, 1.54) is 50.8 Å². The molecule has 0 bridgehead atoms. The van der Waals surface area contributed by atoms with E-state index in [4.69, 9.17) is 4.74 Å². The Morgan fingerprint density at radius 1 is 1.30 bits per heavy atom. The Morgan fingerprint density at radius 3 is 3.20 bits per heavy atom. The van der Waals surface area contributed by atoms with E-state index in [9.17, 15) is 0 Å². The van der Waals surface area contributed by atoms with Gasteiger partial charge in [-0.05, 0) is 67.7 Å². The van der Waals surface area contributed by atoms with Gasteiger partial charge < -0.3 is 4.74 Å². The van der Waals surface area contributed by atoms with Gasteiger partial charge in [-0.1, -0.05) is 0 Å². The van der Waals surface area contributed by atoms with E-state index in [2.05, 4.69) is 22.1 Å². The van der Waals surface area contributed by atoms with Gasteiger partial charge in [0, 0.05) is 31.6 Å². The monoisotopic (exact) mass is 272 g/mol. The molecule has 1 aromatic rings. The van der Waals surface area contributed by atoms with E-state index in [0.29, 0.717) is 6.04 Å². The molecule has 3 aliphatic rings. The van der Waals surface area contributed by atoms with Gasteiger partial charge in [0.1, 0.15) is 0 Å². The van der Waals surface area contributed by atoms with Gasteiger partial charge in [-0.2, -0.15) is 0 Å². The van der Waals surface area contributed by atoms with Crippen LogP contribution >= 0.6 is 0 Å². The summed E-state index contributed by atoms with van der Waals surface area (Å²) in [5.41, 5.74) is 3.08. The Kier molecular flexibility index (Phi) is 3.49.